The van der Waals surface area contributed by atoms with Crippen molar-refractivity contribution in [2.45, 2.75) is 0 Å². The highest BCUT2D eigenvalue weighted by molar-refractivity contribution is 6.01. The molecule has 20 heavy (non-hydrogen) atoms. The van der Waals surface area contributed by atoms with E-state index in [0.29, 0.717) is 5.69 Å². The van der Waals surface area contributed by atoms with Crippen LogP contribution in [0.2, 0.25) is 0 Å². The number of amides is 1. The smallest absolute Gasteiger partial charge is 0.250 e. The van der Waals surface area contributed by atoms with Gasteiger partial charge in [0.2, 0.25) is 0 Å². The van der Waals surface area contributed by atoms with Crippen molar-refractivity contribution >= 4 is 23.0 Å². The Morgan fingerprint density at radius 3 is 2.60 bits per heavy atom. The van der Waals surface area contributed by atoms with Gasteiger partial charge < -0.3 is 16.8 Å². The highest BCUT2D eigenvalue weighted by atomic mass is 19.1. The van der Waals surface area contributed by atoms with Crippen molar-refractivity contribution in [2.24, 2.45) is 5.73 Å². The molecule has 0 saturated carbocycles. The van der Waals surface area contributed by atoms with Crippen LogP contribution < -0.4 is 16.8 Å². The maximum Gasteiger partial charge on any atom is 0.250 e. The van der Waals surface area contributed by atoms with Gasteiger partial charge in [0, 0.05) is 0 Å². The Labute approximate surface area is 114 Å². The number of primary amides is 1. The number of carbonyl (C=O) groups excluding carboxylic acids is 1. The van der Waals surface area contributed by atoms with Gasteiger partial charge in [-0.2, -0.15) is 5.26 Å². The second-order valence-corrected chi connectivity index (χ2v) is 4.06. The van der Waals surface area contributed by atoms with E-state index >= 15 is 0 Å². The molecule has 0 aliphatic heterocycles. The standard InChI is InChI=1S/C14H11FN4O/c15-10-6-8(7-16)4-5-11(10)19-12-3-1-2-9(13(12)17)14(18)20/h1-6,19H,17H2,(H2,18,20). The largest absolute Gasteiger partial charge is 0.396 e. The first-order valence-electron chi connectivity index (χ1n) is 5.68. The molecule has 0 saturated heterocycles. The molecule has 6 heteroatoms. The monoisotopic (exact) mass is 270 g/mol. The third kappa shape index (κ3) is 2.52. The zero-order valence-corrected chi connectivity index (χ0v) is 10.4. The van der Waals surface area contributed by atoms with E-state index in [-0.39, 0.29) is 22.5 Å². The summed E-state index contributed by atoms with van der Waals surface area (Å²) in [6.45, 7) is 0. The van der Waals surface area contributed by atoms with Crippen LogP contribution >= 0.6 is 0 Å². The molecule has 1 amide bonds. The molecular weight excluding hydrogens is 259 g/mol. The van der Waals surface area contributed by atoms with Crippen molar-refractivity contribution in [1.82, 2.24) is 0 Å². The molecule has 100 valence electrons. The lowest BCUT2D eigenvalue weighted by molar-refractivity contribution is 0.100. The van der Waals surface area contributed by atoms with E-state index in [1.807, 2.05) is 6.07 Å². The van der Waals surface area contributed by atoms with Gasteiger partial charge in [0.05, 0.1) is 34.3 Å². The van der Waals surface area contributed by atoms with Crippen LogP contribution in [-0.2, 0) is 0 Å². The number of hydrogen-bond acceptors (Lipinski definition) is 4. The van der Waals surface area contributed by atoms with E-state index in [9.17, 15) is 9.18 Å². The predicted octanol–water partition coefficient (Wildman–Crippen LogP) is 2.12. The van der Waals surface area contributed by atoms with Crippen LogP contribution in [0.1, 0.15) is 15.9 Å². The molecule has 2 aromatic rings. The predicted molar refractivity (Wildman–Crippen MR) is 73.8 cm³/mol. The molecule has 0 aromatic heterocycles. The van der Waals surface area contributed by atoms with Crippen LogP contribution in [0.25, 0.3) is 0 Å². The first-order chi connectivity index (χ1) is 9.52. The average molecular weight is 270 g/mol. The van der Waals surface area contributed by atoms with Gasteiger partial charge in [-0.3, -0.25) is 4.79 Å². The van der Waals surface area contributed by atoms with Crippen molar-refractivity contribution in [3.63, 3.8) is 0 Å². The molecule has 2 aromatic carbocycles. The topological polar surface area (TPSA) is 105 Å². The van der Waals surface area contributed by atoms with Crippen LogP contribution in [0.5, 0.6) is 0 Å². The van der Waals surface area contributed by atoms with Crippen LogP contribution in [0.15, 0.2) is 36.4 Å². The molecular formula is C14H11FN4O. The number of carbonyl (C=O) groups is 1. The Balaban J connectivity index is 2.38. The second-order valence-electron chi connectivity index (χ2n) is 4.06. The number of benzene rings is 2. The van der Waals surface area contributed by atoms with Crippen LogP contribution in [-0.4, -0.2) is 5.91 Å². The minimum Gasteiger partial charge on any atom is -0.396 e. The molecule has 2 rings (SSSR count). The fourth-order valence-electron chi connectivity index (χ4n) is 1.72. The highest BCUT2D eigenvalue weighted by Gasteiger charge is 2.11. The Bertz CT molecular complexity index is 722. The molecule has 5 nitrogen and oxygen atoms in total. The number of rotatable bonds is 3. The minimum atomic E-state index is -0.661. The molecule has 0 spiro atoms. The molecule has 0 aliphatic carbocycles. The van der Waals surface area contributed by atoms with Gasteiger partial charge in [0.15, 0.2) is 0 Å². The van der Waals surface area contributed by atoms with Crippen molar-refractivity contribution in [3.05, 3.63) is 53.3 Å². The molecule has 5 N–H and O–H groups in total. The number of nitrogen functional groups attached to an aromatic ring is 1. The summed E-state index contributed by atoms with van der Waals surface area (Å²) in [5.74, 6) is -1.25. The maximum absolute atomic E-state index is 13.8. The zero-order chi connectivity index (χ0) is 14.7. The van der Waals surface area contributed by atoms with Gasteiger partial charge in [0.1, 0.15) is 5.82 Å². The Kier molecular flexibility index (Phi) is 3.53. The highest BCUT2D eigenvalue weighted by Crippen LogP contribution is 2.27. The summed E-state index contributed by atoms with van der Waals surface area (Å²) in [6.07, 6.45) is 0. The number of nitrogens with two attached hydrogens (primary N) is 2. The van der Waals surface area contributed by atoms with Crippen molar-refractivity contribution < 1.29 is 9.18 Å². The van der Waals surface area contributed by atoms with Gasteiger partial charge in [0.25, 0.3) is 5.91 Å². The Morgan fingerprint density at radius 1 is 1.25 bits per heavy atom. The normalized spacial score (nSPS) is 9.80. The quantitative estimate of drug-likeness (QED) is 0.743. The van der Waals surface area contributed by atoms with E-state index in [1.165, 1.54) is 18.2 Å². The van der Waals surface area contributed by atoms with Crippen LogP contribution in [0.3, 0.4) is 0 Å². The first kappa shape index (κ1) is 13.4. The summed E-state index contributed by atoms with van der Waals surface area (Å²) in [5, 5.41) is 11.4. The van der Waals surface area contributed by atoms with E-state index in [0.717, 1.165) is 6.07 Å². The first-order valence-corrected chi connectivity index (χ1v) is 5.68. The van der Waals surface area contributed by atoms with Crippen LogP contribution in [0, 0.1) is 17.1 Å². The number of para-hydroxylation sites is 1. The lowest BCUT2D eigenvalue weighted by Crippen LogP contribution is -2.14. The summed E-state index contributed by atoms with van der Waals surface area (Å²) >= 11 is 0. The van der Waals surface area contributed by atoms with Crippen molar-refractivity contribution in [1.29, 1.82) is 5.26 Å². The Morgan fingerprint density at radius 2 is 2.00 bits per heavy atom. The second kappa shape index (κ2) is 5.28. The van der Waals surface area contributed by atoms with E-state index in [1.54, 1.807) is 12.1 Å². The number of nitriles is 1. The van der Waals surface area contributed by atoms with E-state index < -0.39 is 11.7 Å². The third-order valence-electron chi connectivity index (χ3n) is 2.74. The summed E-state index contributed by atoms with van der Waals surface area (Å²) < 4.78 is 13.8. The number of hydrogen-bond donors (Lipinski definition) is 3. The summed E-state index contributed by atoms with van der Waals surface area (Å²) in [5.41, 5.74) is 12.0. The van der Waals surface area contributed by atoms with Crippen LogP contribution in [0.4, 0.5) is 21.5 Å². The fourth-order valence-corrected chi connectivity index (χ4v) is 1.72. The van der Waals surface area contributed by atoms with Gasteiger partial charge in [-0.05, 0) is 30.3 Å². The van der Waals surface area contributed by atoms with Crippen molar-refractivity contribution in [2.75, 3.05) is 11.1 Å². The third-order valence-corrected chi connectivity index (χ3v) is 2.74. The summed E-state index contributed by atoms with van der Waals surface area (Å²) in [4.78, 5) is 11.2. The van der Waals surface area contributed by atoms with Gasteiger partial charge in [-0.25, -0.2) is 4.39 Å². The average Bonchev–Trinajstić information content (AvgIpc) is 2.42. The molecule has 0 unspecified atom stereocenters. The number of nitrogens with zero attached hydrogens (tertiary/aromatic N) is 1. The molecule has 0 atom stereocenters. The minimum absolute atomic E-state index is 0.142. The number of nitrogens with one attached hydrogen (secondary N) is 1. The SMILES string of the molecule is N#Cc1ccc(Nc2cccc(C(N)=O)c2N)c(F)c1. The molecule has 0 radical (unpaired) electrons. The number of halogens is 1. The van der Waals surface area contributed by atoms with Gasteiger partial charge in [-0.15, -0.1) is 0 Å². The Hall–Kier alpha value is -3.07. The molecule has 0 aliphatic rings. The zero-order valence-electron chi connectivity index (χ0n) is 10.4. The van der Waals surface area contributed by atoms with E-state index in [2.05, 4.69) is 5.32 Å². The molecule has 0 fully saturated rings. The molecule has 0 bridgehead atoms. The summed E-state index contributed by atoms with van der Waals surface area (Å²) in [7, 11) is 0. The van der Waals surface area contributed by atoms with Crippen molar-refractivity contribution in [3.8, 4) is 6.07 Å². The lowest BCUT2D eigenvalue weighted by atomic mass is 10.1. The van der Waals surface area contributed by atoms with E-state index in [4.69, 9.17) is 16.7 Å². The van der Waals surface area contributed by atoms with Gasteiger partial charge in [-0.1, -0.05) is 6.07 Å². The number of anilines is 3. The summed E-state index contributed by atoms with van der Waals surface area (Å²) in [6, 6.07) is 10.5. The molecule has 0 heterocycles. The lowest BCUT2D eigenvalue weighted by Gasteiger charge is -2.12. The maximum atomic E-state index is 13.8. The fraction of sp³-hybridized carbons (Fsp3) is 0. The van der Waals surface area contributed by atoms with Gasteiger partial charge >= 0.3 is 0 Å².